The standard InChI is InChI=1S/C15H13N5O2S2/c1-9-3-5-10(6-4-9)20-8-7-11(21)12(19-20)13(22)16-14-17-18-15(23-2)24-14/h3-8H,1-2H3,(H,16,17,22). The number of aromatic nitrogens is 4. The maximum Gasteiger partial charge on any atom is 0.282 e. The first kappa shape index (κ1) is 16.3. The molecule has 3 aromatic rings. The number of hydrogen-bond donors (Lipinski definition) is 1. The summed E-state index contributed by atoms with van der Waals surface area (Å²) in [6.07, 6.45) is 3.39. The summed E-state index contributed by atoms with van der Waals surface area (Å²) < 4.78 is 2.21. The summed E-state index contributed by atoms with van der Waals surface area (Å²) in [7, 11) is 0. The van der Waals surface area contributed by atoms with Crippen molar-refractivity contribution in [1.29, 1.82) is 0 Å². The highest BCUT2D eigenvalue weighted by Crippen LogP contribution is 2.23. The summed E-state index contributed by atoms with van der Waals surface area (Å²) in [4.78, 5) is 24.3. The van der Waals surface area contributed by atoms with Crippen molar-refractivity contribution < 1.29 is 4.79 Å². The number of thioether (sulfide) groups is 1. The van der Waals surface area contributed by atoms with Gasteiger partial charge < -0.3 is 0 Å². The summed E-state index contributed by atoms with van der Waals surface area (Å²) in [5.74, 6) is -0.606. The first-order chi connectivity index (χ1) is 11.6. The molecule has 0 fully saturated rings. The zero-order chi connectivity index (χ0) is 17.1. The Labute approximate surface area is 145 Å². The molecule has 0 aliphatic heterocycles. The minimum Gasteiger partial charge on any atom is -0.295 e. The third-order valence-electron chi connectivity index (χ3n) is 3.12. The van der Waals surface area contributed by atoms with Gasteiger partial charge in [-0.3, -0.25) is 14.9 Å². The van der Waals surface area contributed by atoms with Crippen LogP contribution in [0.1, 0.15) is 16.1 Å². The minimum atomic E-state index is -0.606. The number of carbonyl (C=O) groups is 1. The number of hydrogen-bond acceptors (Lipinski definition) is 7. The maximum absolute atomic E-state index is 12.3. The van der Waals surface area contributed by atoms with Crippen LogP contribution in [-0.4, -0.2) is 32.1 Å². The maximum atomic E-state index is 12.3. The summed E-state index contributed by atoms with van der Waals surface area (Å²) in [6.45, 7) is 1.98. The van der Waals surface area contributed by atoms with Crippen molar-refractivity contribution in [3.63, 3.8) is 0 Å². The van der Waals surface area contributed by atoms with Crippen molar-refractivity contribution in [3.8, 4) is 5.69 Å². The Morgan fingerprint density at radius 1 is 1.21 bits per heavy atom. The van der Waals surface area contributed by atoms with Gasteiger partial charge in [-0.05, 0) is 25.3 Å². The summed E-state index contributed by atoms with van der Waals surface area (Å²) in [5.41, 5.74) is 1.22. The fourth-order valence-electron chi connectivity index (χ4n) is 1.91. The molecule has 0 unspecified atom stereocenters. The van der Waals surface area contributed by atoms with Gasteiger partial charge in [0.15, 0.2) is 10.0 Å². The lowest BCUT2D eigenvalue weighted by molar-refractivity contribution is 0.101. The molecule has 0 saturated carbocycles. The van der Waals surface area contributed by atoms with Crippen molar-refractivity contribution in [2.45, 2.75) is 11.3 Å². The number of rotatable bonds is 4. The number of carbonyl (C=O) groups excluding carboxylic acids is 1. The van der Waals surface area contributed by atoms with E-state index in [1.807, 2.05) is 37.4 Å². The molecule has 9 heteroatoms. The van der Waals surface area contributed by atoms with E-state index in [0.29, 0.717) is 5.13 Å². The van der Waals surface area contributed by atoms with E-state index < -0.39 is 11.3 Å². The summed E-state index contributed by atoms with van der Waals surface area (Å²) in [5, 5.41) is 14.8. The van der Waals surface area contributed by atoms with Crippen LogP contribution in [0.15, 0.2) is 45.7 Å². The summed E-state index contributed by atoms with van der Waals surface area (Å²) in [6, 6.07) is 8.91. The molecular formula is C15H13N5O2S2. The molecule has 1 aromatic carbocycles. The number of nitrogens with one attached hydrogen (secondary N) is 1. The van der Waals surface area contributed by atoms with Crippen LogP contribution in [0.4, 0.5) is 5.13 Å². The third-order valence-corrected chi connectivity index (χ3v) is 4.94. The fraction of sp³-hybridized carbons (Fsp3) is 0.133. The molecule has 122 valence electrons. The van der Waals surface area contributed by atoms with Crippen molar-refractivity contribution in [1.82, 2.24) is 20.0 Å². The van der Waals surface area contributed by atoms with Gasteiger partial charge in [-0.1, -0.05) is 40.8 Å². The zero-order valence-corrected chi connectivity index (χ0v) is 14.5. The second-order valence-electron chi connectivity index (χ2n) is 4.84. The quantitative estimate of drug-likeness (QED) is 0.568. The smallest absolute Gasteiger partial charge is 0.282 e. The molecule has 0 radical (unpaired) electrons. The number of aryl methyl sites for hydroxylation is 1. The molecule has 2 heterocycles. The molecular weight excluding hydrogens is 346 g/mol. The second-order valence-corrected chi connectivity index (χ2v) is 6.87. The van der Waals surface area contributed by atoms with E-state index in [-0.39, 0.29) is 5.69 Å². The van der Waals surface area contributed by atoms with E-state index in [2.05, 4.69) is 20.6 Å². The van der Waals surface area contributed by atoms with Crippen LogP contribution in [-0.2, 0) is 0 Å². The molecule has 7 nitrogen and oxygen atoms in total. The lowest BCUT2D eigenvalue weighted by Gasteiger charge is -2.07. The average Bonchev–Trinajstić information content (AvgIpc) is 3.03. The first-order valence-electron chi connectivity index (χ1n) is 6.92. The molecule has 0 spiro atoms. The highest BCUT2D eigenvalue weighted by Gasteiger charge is 2.16. The Kier molecular flexibility index (Phi) is 4.72. The van der Waals surface area contributed by atoms with E-state index in [0.717, 1.165) is 15.6 Å². The van der Waals surface area contributed by atoms with Gasteiger partial charge in [0.1, 0.15) is 0 Å². The predicted octanol–water partition coefficient (Wildman–Crippen LogP) is 2.37. The number of nitrogens with zero attached hydrogens (tertiary/aromatic N) is 4. The Bertz CT molecular complexity index is 934. The second kappa shape index (κ2) is 6.93. The fourth-order valence-corrected chi connectivity index (χ4v) is 3.07. The van der Waals surface area contributed by atoms with Crippen LogP contribution < -0.4 is 10.7 Å². The van der Waals surface area contributed by atoms with Crippen LogP contribution in [0.25, 0.3) is 5.69 Å². The van der Waals surface area contributed by atoms with Crippen molar-refractivity contribution >= 4 is 34.1 Å². The van der Waals surface area contributed by atoms with Gasteiger partial charge in [0.25, 0.3) is 5.91 Å². The molecule has 2 aromatic heterocycles. The van der Waals surface area contributed by atoms with Crippen LogP contribution in [0.5, 0.6) is 0 Å². The molecule has 3 rings (SSSR count). The first-order valence-corrected chi connectivity index (χ1v) is 8.97. The molecule has 0 aliphatic rings. The van der Waals surface area contributed by atoms with Crippen molar-refractivity contribution in [2.24, 2.45) is 0 Å². The van der Waals surface area contributed by atoms with Gasteiger partial charge in [0.2, 0.25) is 10.6 Å². The van der Waals surface area contributed by atoms with Crippen molar-refractivity contribution in [2.75, 3.05) is 11.6 Å². The normalized spacial score (nSPS) is 10.6. The van der Waals surface area contributed by atoms with Gasteiger partial charge in [0.05, 0.1) is 5.69 Å². The molecule has 0 saturated heterocycles. The number of benzene rings is 1. The predicted molar refractivity (Wildman–Crippen MR) is 94.2 cm³/mol. The van der Waals surface area contributed by atoms with Gasteiger partial charge >= 0.3 is 0 Å². The van der Waals surface area contributed by atoms with E-state index in [1.165, 1.54) is 40.0 Å². The number of anilines is 1. The minimum absolute atomic E-state index is 0.195. The Morgan fingerprint density at radius 2 is 1.96 bits per heavy atom. The molecule has 24 heavy (non-hydrogen) atoms. The monoisotopic (exact) mass is 359 g/mol. The average molecular weight is 359 g/mol. The molecule has 1 amide bonds. The van der Waals surface area contributed by atoms with Gasteiger partial charge in [-0.15, -0.1) is 10.2 Å². The molecule has 1 N–H and O–H groups in total. The Balaban J connectivity index is 1.89. The van der Waals surface area contributed by atoms with Crippen LogP contribution in [0, 0.1) is 6.92 Å². The van der Waals surface area contributed by atoms with Gasteiger partial charge in [0, 0.05) is 12.3 Å². The lowest BCUT2D eigenvalue weighted by atomic mass is 10.2. The van der Waals surface area contributed by atoms with E-state index in [9.17, 15) is 9.59 Å². The van der Waals surface area contributed by atoms with Crippen LogP contribution >= 0.6 is 23.1 Å². The topological polar surface area (TPSA) is 89.8 Å². The molecule has 0 bridgehead atoms. The zero-order valence-electron chi connectivity index (χ0n) is 12.9. The SMILES string of the molecule is CSc1nnc(NC(=O)c2nn(-c3ccc(C)cc3)ccc2=O)s1. The Hall–Kier alpha value is -2.52. The van der Waals surface area contributed by atoms with Gasteiger partial charge in [-0.25, -0.2) is 4.68 Å². The highest BCUT2D eigenvalue weighted by atomic mass is 32.2. The summed E-state index contributed by atoms with van der Waals surface area (Å²) >= 11 is 2.66. The van der Waals surface area contributed by atoms with E-state index in [4.69, 9.17) is 0 Å². The largest absolute Gasteiger partial charge is 0.295 e. The van der Waals surface area contributed by atoms with Crippen LogP contribution in [0.2, 0.25) is 0 Å². The van der Waals surface area contributed by atoms with Crippen molar-refractivity contribution in [3.05, 3.63) is 58.0 Å². The highest BCUT2D eigenvalue weighted by molar-refractivity contribution is 8.00. The van der Waals surface area contributed by atoms with E-state index >= 15 is 0 Å². The number of amides is 1. The van der Waals surface area contributed by atoms with Crippen LogP contribution in [0.3, 0.4) is 0 Å². The third kappa shape index (κ3) is 3.52. The van der Waals surface area contributed by atoms with Gasteiger partial charge in [-0.2, -0.15) is 5.10 Å². The molecule has 0 atom stereocenters. The lowest BCUT2D eigenvalue weighted by Crippen LogP contribution is -2.25. The molecule has 0 aliphatic carbocycles. The van der Waals surface area contributed by atoms with E-state index in [1.54, 1.807) is 0 Å². The Morgan fingerprint density at radius 3 is 2.62 bits per heavy atom.